The molecule has 0 aliphatic heterocycles. The standard InChI is InChI=1S/C10H10.C5H8O2/c1-3-9-7-5-6-8-10(9)4-2;1-4(2)5(6)7-3/h3-8H,1-2H2;1H2,2-3H3. The fourth-order valence-electron chi connectivity index (χ4n) is 1.06. The number of carbonyl (C=O) groups is 1. The number of hydrogen-bond donors (Lipinski definition) is 0. The lowest BCUT2D eigenvalue weighted by atomic mass is 10.1. The highest BCUT2D eigenvalue weighted by Gasteiger charge is 1.95. The summed E-state index contributed by atoms with van der Waals surface area (Å²) in [5.41, 5.74) is 2.71. The zero-order chi connectivity index (χ0) is 13.3. The van der Waals surface area contributed by atoms with Crippen LogP contribution in [0, 0.1) is 0 Å². The predicted octanol–water partition coefficient (Wildman–Crippen LogP) is 3.71. The van der Waals surface area contributed by atoms with E-state index >= 15 is 0 Å². The Bertz CT molecular complexity index is 390. The van der Waals surface area contributed by atoms with Crippen LogP contribution in [0.5, 0.6) is 0 Å². The number of esters is 1. The molecule has 0 unspecified atom stereocenters. The third-order valence-electron chi connectivity index (χ3n) is 1.97. The van der Waals surface area contributed by atoms with Gasteiger partial charge < -0.3 is 4.74 Å². The van der Waals surface area contributed by atoms with Gasteiger partial charge in [-0.2, -0.15) is 0 Å². The maximum atomic E-state index is 10.2. The van der Waals surface area contributed by atoms with Crippen molar-refractivity contribution in [2.75, 3.05) is 7.11 Å². The van der Waals surface area contributed by atoms with Gasteiger partial charge in [0.15, 0.2) is 0 Å². The van der Waals surface area contributed by atoms with E-state index in [0.29, 0.717) is 5.57 Å². The van der Waals surface area contributed by atoms with E-state index in [1.807, 2.05) is 36.4 Å². The SMILES string of the molecule is C=C(C)C(=O)OC.C=Cc1ccccc1C=C. The van der Waals surface area contributed by atoms with Gasteiger partial charge in [-0.25, -0.2) is 4.79 Å². The second kappa shape index (κ2) is 8.11. The Balaban J connectivity index is 0.000000325. The van der Waals surface area contributed by atoms with Crippen LogP contribution in [0.15, 0.2) is 49.6 Å². The van der Waals surface area contributed by atoms with Crippen molar-refractivity contribution in [3.63, 3.8) is 0 Å². The molecule has 1 rings (SSSR count). The normalized spacial score (nSPS) is 8.35. The molecule has 0 amide bonds. The molecule has 0 aliphatic carbocycles. The molecule has 0 N–H and O–H groups in total. The third-order valence-corrected chi connectivity index (χ3v) is 1.97. The summed E-state index contributed by atoms with van der Waals surface area (Å²) in [5.74, 6) is -0.347. The van der Waals surface area contributed by atoms with Crippen molar-refractivity contribution in [2.24, 2.45) is 0 Å². The van der Waals surface area contributed by atoms with Gasteiger partial charge in [-0.15, -0.1) is 0 Å². The summed E-state index contributed by atoms with van der Waals surface area (Å²) in [6, 6.07) is 8.02. The molecule has 0 atom stereocenters. The van der Waals surface area contributed by atoms with Crippen molar-refractivity contribution < 1.29 is 9.53 Å². The highest BCUT2D eigenvalue weighted by Crippen LogP contribution is 2.10. The molecule has 0 aliphatic rings. The van der Waals surface area contributed by atoms with Gasteiger partial charge >= 0.3 is 5.97 Å². The fourth-order valence-corrected chi connectivity index (χ4v) is 1.06. The van der Waals surface area contributed by atoms with Crippen LogP contribution in [0.1, 0.15) is 18.1 Å². The first-order valence-corrected chi connectivity index (χ1v) is 5.14. The van der Waals surface area contributed by atoms with Crippen LogP contribution in [-0.4, -0.2) is 13.1 Å². The van der Waals surface area contributed by atoms with Crippen molar-refractivity contribution in [3.8, 4) is 0 Å². The smallest absolute Gasteiger partial charge is 0.332 e. The molecule has 0 bridgehead atoms. The first-order chi connectivity index (χ1) is 8.06. The molecule has 1 aromatic rings. The number of methoxy groups -OCH3 is 1. The number of carbonyl (C=O) groups excluding carboxylic acids is 1. The maximum absolute atomic E-state index is 10.2. The summed E-state index contributed by atoms with van der Waals surface area (Å²) in [6.07, 6.45) is 3.66. The molecule has 0 spiro atoms. The zero-order valence-corrected chi connectivity index (χ0v) is 10.4. The van der Waals surface area contributed by atoms with Gasteiger partial charge in [0, 0.05) is 5.57 Å². The molecule has 0 heterocycles. The molecule has 0 radical (unpaired) electrons. The Morgan fingerprint density at radius 3 is 1.76 bits per heavy atom. The monoisotopic (exact) mass is 230 g/mol. The van der Waals surface area contributed by atoms with Crippen molar-refractivity contribution in [1.82, 2.24) is 0 Å². The average Bonchev–Trinajstić information content (AvgIpc) is 2.38. The minimum atomic E-state index is -0.347. The van der Waals surface area contributed by atoms with Crippen molar-refractivity contribution in [1.29, 1.82) is 0 Å². The van der Waals surface area contributed by atoms with E-state index in [2.05, 4.69) is 24.5 Å². The van der Waals surface area contributed by atoms with Gasteiger partial charge in [-0.05, 0) is 18.1 Å². The zero-order valence-electron chi connectivity index (χ0n) is 10.4. The van der Waals surface area contributed by atoms with Crippen LogP contribution in [0.4, 0.5) is 0 Å². The second-order valence-electron chi connectivity index (χ2n) is 3.31. The van der Waals surface area contributed by atoms with E-state index in [4.69, 9.17) is 0 Å². The largest absolute Gasteiger partial charge is 0.466 e. The lowest BCUT2D eigenvalue weighted by Crippen LogP contribution is -1.98. The fraction of sp³-hybridized carbons (Fsp3) is 0.133. The minimum Gasteiger partial charge on any atom is -0.466 e. The second-order valence-corrected chi connectivity index (χ2v) is 3.31. The van der Waals surface area contributed by atoms with E-state index in [9.17, 15) is 4.79 Å². The number of hydrogen-bond acceptors (Lipinski definition) is 2. The van der Waals surface area contributed by atoms with Gasteiger partial charge in [0.1, 0.15) is 0 Å². The Morgan fingerprint density at radius 2 is 1.59 bits per heavy atom. The van der Waals surface area contributed by atoms with Gasteiger partial charge in [-0.1, -0.05) is 56.2 Å². The summed E-state index contributed by atoms with van der Waals surface area (Å²) in [4.78, 5) is 10.2. The van der Waals surface area contributed by atoms with Gasteiger partial charge in [-0.3, -0.25) is 0 Å². The summed E-state index contributed by atoms with van der Waals surface area (Å²) in [5, 5.41) is 0. The highest BCUT2D eigenvalue weighted by atomic mass is 16.5. The van der Waals surface area contributed by atoms with Gasteiger partial charge in [0.25, 0.3) is 0 Å². The molecule has 90 valence electrons. The summed E-state index contributed by atoms with van der Waals surface area (Å²) < 4.78 is 4.27. The topological polar surface area (TPSA) is 26.3 Å². The third kappa shape index (κ3) is 5.52. The first-order valence-electron chi connectivity index (χ1n) is 5.14. The van der Waals surface area contributed by atoms with Crippen molar-refractivity contribution in [3.05, 3.63) is 60.7 Å². The van der Waals surface area contributed by atoms with E-state index < -0.39 is 0 Å². The molecule has 2 heteroatoms. The van der Waals surface area contributed by atoms with Crippen LogP contribution >= 0.6 is 0 Å². The van der Waals surface area contributed by atoms with Crippen LogP contribution in [-0.2, 0) is 9.53 Å². The molecule has 2 nitrogen and oxygen atoms in total. The number of rotatable bonds is 3. The van der Waals surface area contributed by atoms with Crippen LogP contribution < -0.4 is 0 Å². The molecular weight excluding hydrogens is 212 g/mol. The van der Waals surface area contributed by atoms with Crippen LogP contribution in [0.25, 0.3) is 12.2 Å². The van der Waals surface area contributed by atoms with Crippen LogP contribution in [0.2, 0.25) is 0 Å². The Labute approximate surface area is 103 Å². The summed E-state index contributed by atoms with van der Waals surface area (Å²) in [7, 11) is 1.33. The summed E-state index contributed by atoms with van der Waals surface area (Å²) >= 11 is 0. The predicted molar refractivity (Wildman–Crippen MR) is 73.5 cm³/mol. The molecule has 0 fully saturated rings. The molecule has 0 aromatic heterocycles. The number of benzene rings is 1. The molecule has 0 saturated heterocycles. The van der Waals surface area contributed by atoms with E-state index in [1.54, 1.807) is 6.92 Å². The number of ether oxygens (including phenoxy) is 1. The molecule has 17 heavy (non-hydrogen) atoms. The van der Waals surface area contributed by atoms with Gasteiger partial charge in [0.05, 0.1) is 7.11 Å². The van der Waals surface area contributed by atoms with Gasteiger partial charge in [0.2, 0.25) is 0 Å². The molecule has 0 saturated carbocycles. The lowest BCUT2D eigenvalue weighted by molar-refractivity contribution is -0.136. The Morgan fingerprint density at radius 1 is 1.18 bits per heavy atom. The Kier molecular flexibility index (Phi) is 7.11. The van der Waals surface area contributed by atoms with Crippen molar-refractivity contribution in [2.45, 2.75) is 6.92 Å². The Hall–Kier alpha value is -2.09. The van der Waals surface area contributed by atoms with Crippen LogP contribution in [0.3, 0.4) is 0 Å². The van der Waals surface area contributed by atoms with E-state index in [-0.39, 0.29) is 5.97 Å². The quantitative estimate of drug-likeness (QED) is 0.584. The summed E-state index contributed by atoms with van der Waals surface area (Å²) in [6.45, 7) is 12.3. The van der Waals surface area contributed by atoms with E-state index in [0.717, 1.165) is 11.1 Å². The van der Waals surface area contributed by atoms with Crippen molar-refractivity contribution >= 4 is 18.1 Å². The first kappa shape index (κ1) is 14.9. The lowest BCUT2D eigenvalue weighted by Gasteiger charge is -1.96. The van der Waals surface area contributed by atoms with E-state index in [1.165, 1.54) is 7.11 Å². The average molecular weight is 230 g/mol. The molecular formula is C15H18O2. The minimum absolute atomic E-state index is 0.347. The highest BCUT2D eigenvalue weighted by molar-refractivity contribution is 5.86. The maximum Gasteiger partial charge on any atom is 0.332 e. The molecule has 1 aromatic carbocycles.